The fourth-order valence-corrected chi connectivity index (χ4v) is 1.90. The molecule has 6 heteroatoms. The Kier molecular flexibility index (Phi) is 5.09. The minimum Gasteiger partial charge on any atom is -0.354 e. The summed E-state index contributed by atoms with van der Waals surface area (Å²) in [6.07, 6.45) is 4.04. The van der Waals surface area contributed by atoms with E-state index >= 15 is 0 Å². The average Bonchev–Trinajstić information content (AvgIpc) is 3.00. The second-order valence-electron chi connectivity index (χ2n) is 4.66. The van der Waals surface area contributed by atoms with E-state index in [1.807, 2.05) is 6.07 Å². The van der Waals surface area contributed by atoms with Gasteiger partial charge in [0.15, 0.2) is 0 Å². The van der Waals surface area contributed by atoms with Gasteiger partial charge in [0.1, 0.15) is 5.82 Å². The normalized spacial score (nSPS) is 10.1. The summed E-state index contributed by atoms with van der Waals surface area (Å²) in [4.78, 5) is 32.3. The van der Waals surface area contributed by atoms with Crippen LogP contribution in [-0.2, 0) is 11.2 Å². The van der Waals surface area contributed by atoms with Crippen LogP contribution in [0.3, 0.4) is 0 Å². The zero-order chi connectivity index (χ0) is 15.1. The molecule has 21 heavy (non-hydrogen) atoms. The van der Waals surface area contributed by atoms with Crippen molar-refractivity contribution in [2.24, 2.45) is 0 Å². The molecule has 2 N–H and O–H groups in total. The zero-order valence-corrected chi connectivity index (χ0v) is 11.9. The van der Waals surface area contributed by atoms with E-state index < -0.39 is 0 Å². The maximum atomic E-state index is 12.1. The van der Waals surface area contributed by atoms with Gasteiger partial charge in [-0.3, -0.25) is 9.59 Å². The molecule has 0 radical (unpaired) electrons. The first-order valence-electron chi connectivity index (χ1n) is 6.72. The van der Waals surface area contributed by atoms with Crippen LogP contribution in [0.15, 0.2) is 42.7 Å². The fraction of sp³-hybridized carbons (Fsp3) is 0.267. The van der Waals surface area contributed by atoms with Gasteiger partial charge >= 0.3 is 0 Å². The lowest BCUT2D eigenvalue weighted by Crippen LogP contribution is -2.39. The molecule has 2 aromatic rings. The molecule has 0 fully saturated rings. The first-order valence-corrected chi connectivity index (χ1v) is 6.72. The Labute approximate surface area is 123 Å². The van der Waals surface area contributed by atoms with Crippen LogP contribution in [0.25, 0.3) is 0 Å². The van der Waals surface area contributed by atoms with Crippen LogP contribution in [0.2, 0.25) is 0 Å². The summed E-state index contributed by atoms with van der Waals surface area (Å²) >= 11 is 0. The van der Waals surface area contributed by atoms with E-state index in [9.17, 15) is 9.59 Å². The first kappa shape index (κ1) is 14.8. The number of hydrogen-bond donors (Lipinski definition) is 2. The molecule has 1 aromatic carbocycles. The van der Waals surface area contributed by atoms with Crippen LogP contribution in [0.4, 0.5) is 0 Å². The number of nitrogens with zero attached hydrogens (tertiary/aromatic N) is 2. The van der Waals surface area contributed by atoms with Gasteiger partial charge in [-0.15, -0.1) is 0 Å². The van der Waals surface area contributed by atoms with Crippen molar-refractivity contribution < 1.29 is 9.59 Å². The number of H-pyrrole nitrogens is 1. The number of hydrogen-bond acceptors (Lipinski definition) is 3. The van der Waals surface area contributed by atoms with Crippen molar-refractivity contribution >= 4 is 11.8 Å². The van der Waals surface area contributed by atoms with Crippen LogP contribution in [-0.4, -0.2) is 46.8 Å². The minimum absolute atomic E-state index is 0.0336. The summed E-state index contributed by atoms with van der Waals surface area (Å²) in [5.74, 6) is 0.467. The molecule has 0 saturated heterocycles. The van der Waals surface area contributed by atoms with Crippen LogP contribution in [0.5, 0.6) is 0 Å². The zero-order valence-electron chi connectivity index (χ0n) is 11.9. The third-order valence-corrected chi connectivity index (χ3v) is 2.99. The summed E-state index contributed by atoms with van der Waals surface area (Å²) in [5.41, 5.74) is 0.573. The van der Waals surface area contributed by atoms with Crippen molar-refractivity contribution in [3.8, 4) is 0 Å². The van der Waals surface area contributed by atoms with Gasteiger partial charge in [-0.2, -0.15) is 0 Å². The fourth-order valence-electron chi connectivity index (χ4n) is 1.90. The molecule has 0 aliphatic rings. The Morgan fingerprint density at radius 1 is 1.29 bits per heavy atom. The van der Waals surface area contributed by atoms with Gasteiger partial charge < -0.3 is 15.2 Å². The van der Waals surface area contributed by atoms with Gasteiger partial charge in [0, 0.05) is 38.0 Å². The molecule has 6 nitrogen and oxygen atoms in total. The topological polar surface area (TPSA) is 78.1 Å². The second kappa shape index (κ2) is 7.23. The lowest BCUT2D eigenvalue weighted by molar-refractivity contribution is -0.121. The van der Waals surface area contributed by atoms with E-state index in [1.165, 1.54) is 4.90 Å². The van der Waals surface area contributed by atoms with E-state index in [4.69, 9.17) is 0 Å². The lowest BCUT2D eigenvalue weighted by atomic mass is 10.2. The number of carbonyl (C=O) groups is 2. The first-order chi connectivity index (χ1) is 10.2. The molecule has 110 valence electrons. The lowest BCUT2D eigenvalue weighted by Gasteiger charge is -2.16. The predicted molar refractivity (Wildman–Crippen MR) is 78.7 cm³/mol. The number of rotatable bonds is 6. The molecule has 1 heterocycles. The number of aromatic amines is 1. The molecule has 0 saturated carbocycles. The Morgan fingerprint density at radius 3 is 2.71 bits per heavy atom. The maximum Gasteiger partial charge on any atom is 0.254 e. The van der Waals surface area contributed by atoms with Crippen molar-refractivity contribution in [2.45, 2.75) is 6.42 Å². The number of benzene rings is 1. The number of aromatic nitrogens is 2. The second-order valence-corrected chi connectivity index (χ2v) is 4.66. The van der Waals surface area contributed by atoms with Crippen LogP contribution < -0.4 is 5.32 Å². The predicted octanol–water partition coefficient (Wildman–Crippen LogP) is 0.841. The Morgan fingerprint density at radius 2 is 2.05 bits per heavy atom. The SMILES string of the molecule is CN(CC(=O)NCCc1ncc[nH]1)C(=O)c1ccccc1. The standard InChI is InChI=1S/C15H18N4O2/c1-19(15(21)12-5-3-2-4-6-12)11-14(20)18-8-7-13-16-9-10-17-13/h2-6,9-10H,7-8,11H2,1H3,(H,16,17)(H,18,20). The van der Waals surface area contributed by atoms with E-state index in [-0.39, 0.29) is 18.4 Å². The maximum absolute atomic E-state index is 12.1. The van der Waals surface area contributed by atoms with Crippen molar-refractivity contribution in [2.75, 3.05) is 20.1 Å². The average molecular weight is 286 g/mol. The van der Waals surface area contributed by atoms with Crippen molar-refractivity contribution in [3.63, 3.8) is 0 Å². The van der Waals surface area contributed by atoms with E-state index in [2.05, 4.69) is 15.3 Å². The number of amides is 2. The van der Waals surface area contributed by atoms with Gasteiger partial charge in [0.05, 0.1) is 6.54 Å². The molecular weight excluding hydrogens is 268 g/mol. The highest BCUT2D eigenvalue weighted by Gasteiger charge is 2.14. The van der Waals surface area contributed by atoms with Gasteiger partial charge in [0.2, 0.25) is 5.91 Å². The molecule has 2 rings (SSSR count). The molecule has 0 aliphatic carbocycles. The van der Waals surface area contributed by atoms with E-state index in [1.54, 1.807) is 43.7 Å². The Hall–Kier alpha value is -2.63. The van der Waals surface area contributed by atoms with Crippen molar-refractivity contribution in [3.05, 3.63) is 54.1 Å². The van der Waals surface area contributed by atoms with Gasteiger partial charge in [-0.1, -0.05) is 18.2 Å². The number of nitrogens with one attached hydrogen (secondary N) is 2. The van der Waals surface area contributed by atoms with Gasteiger partial charge in [0.25, 0.3) is 5.91 Å². The highest BCUT2D eigenvalue weighted by Crippen LogP contribution is 2.02. The summed E-state index contributed by atoms with van der Waals surface area (Å²) in [6, 6.07) is 8.90. The minimum atomic E-state index is -0.187. The van der Waals surface area contributed by atoms with Crippen molar-refractivity contribution in [1.29, 1.82) is 0 Å². The summed E-state index contributed by atoms with van der Waals surface area (Å²) < 4.78 is 0. The molecule has 0 spiro atoms. The highest BCUT2D eigenvalue weighted by molar-refractivity contribution is 5.96. The molecule has 2 amide bonds. The third kappa shape index (κ3) is 4.45. The Bertz CT molecular complexity index is 581. The quantitative estimate of drug-likeness (QED) is 0.826. The molecular formula is C15H18N4O2. The highest BCUT2D eigenvalue weighted by atomic mass is 16.2. The van der Waals surface area contributed by atoms with Crippen LogP contribution in [0.1, 0.15) is 16.2 Å². The van der Waals surface area contributed by atoms with E-state index in [0.29, 0.717) is 18.5 Å². The molecule has 0 bridgehead atoms. The number of imidazole rings is 1. The number of carbonyl (C=O) groups excluding carboxylic acids is 2. The van der Waals surface area contributed by atoms with E-state index in [0.717, 1.165) is 5.82 Å². The molecule has 0 unspecified atom stereocenters. The summed E-state index contributed by atoms with van der Waals surface area (Å²) in [6.45, 7) is 0.519. The largest absolute Gasteiger partial charge is 0.354 e. The smallest absolute Gasteiger partial charge is 0.254 e. The summed E-state index contributed by atoms with van der Waals surface area (Å²) in [7, 11) is 1.61. The Balaban J connectivity index is 1.75. The van der Waals surface area contributed by atoms with Crippen LogP contribution in [0, 0.1) is 0 Å². The van der Waals surface area contributed by atoms with Crippen molar-refractivity contribution in [1.82, 2.24) is 20.2 Å². The summed E-state index contributed by atoms with van der Waals surface area (Å²) in [5, 5.41) is 2.77. The third-order valence-electron chi connectivity index (χ3n) is 2.99. The van der Waals surface area contributed by atoms with Crippen LogP contribution >= 0.6 is 0 Å². The van der Waals surface area contributed by atoms with Gasteiger partial charge in [-0.25, -0.2) is 4.98 Å². The monoisotopic (exact) mass is 286 g/mol. The van der Waals surface area contributed by atoms with Gasteiger partial charge in [-0.05, 0) is 12.1 Å². The number of likely N-dealkylation sites (N-methyl/N-ethyl adjacent to an activating group) is 1. The molecule has 1 aromatic heterocycles. The molecule has 0 atom stereocenters. The molecule has 0 aliphatic heterocycles.